The number of aromatic nitrogens is 2. The van der Waals surface area contributed by atoms with Gasteiger partial charge in [0.15, 0.2) is 0 Å². The summed E-state index contributed by atoms with van der Waals surface area (Å²) in [7, 11) is 1.50. The first-order valence-corrected chi connectivity index (χ1v) is 8.03. The maximum absolute atomic E-state index is 11.1. The Kier molecular flexibility index (Phi) is 5.48. The first kappa shape index (κ1) is 17.5. The second kappa shape index (κ2) is 8.15. The quantitative estimate of drug-likeness (QED) is 0.699. The first-order valence-electron chi connectivity index (χ1n) is 8.03. The van der Waals surface area contributed by atoms with Crippen molar-refractivity contribution in [3.8, 4) is 22.9 Å². The Morgan fingerprint density at radius 2 is 1.92 bits per heavy atom. The molecule has 0 atom stereocenters. The van der Waals surface area contributed by atoms with Gasteiger partial charge in [0.2, 0.25) is 11.7 Å². The van der Waals surface area contributed by atoms with Crippen molar-refractivity contribution < 1.29 is 18.8 Å². The highest BCUT2D eigenvalue weighted by atomic mass is 16.5. The number of amides is 1. The lowest BCUT2D eigenvalue weighted by Crippen LogP contribution is -2.16. The summed E-state index contributed by atoms with van der Waals surface area (Å²) in [5.41, 5.74) is 6.75. The average Bonchev–Trinajstić information content (AvgIpc) is 3.10. The molecule has 0 spiro atoms. The highest BCUT2D eigenvalue weighted by Crippen LogP contribution is 2.36. The van der Waals surface area contributed by atoms with Gasteiger partial charge in [-0.05, 0) is 30.5 Å². The molecule has 1 aromatic heterocycles. The second-order valence-electron chi connectivity index (χ2n) is 5.44. The zero-order chi connectivity index (χ0) is 18.4. The Hall–Kier alpha value is -3.35. The van der Waals surface area contributed by atoms with Crippen molar-refractivity contribution in [2.75, 3.05) is 7.11 Å². The molecule has 0 saturated carbocycles. The van der Waals surface area contributed by atoms with Gasteiger partial charge in [0.25, 0.3) is 0 Å². The van der Waals surface area contributed by atoms with E-state index < -0.39 is 6.09 Å². The number of hydrogen-bond donors (Lipinski definition) is 1. The minimum atomic E-state index is -0.933. The van der Waals surface area contributed by atoms with Crippen LogP contribution < -0.4 is 15.2 Å². The zero-order valence-corrected chi connectivity index (χ0v) is 14.2. The van der Waals surface area contributed by atoms with E-state index in [1.54, 1.807) is 18.2 Å². The largest absolute Gasteiger partial charge is 0.496 e. The standard InChI is InChI=1S/C19H18N3O4/c1-24-14-10-6-11-15(25-19(20)23)17(14)18-21-16(26-22-18)12-5-9-13-7-3-2-4-8-13/h2-4,6-8,10-12H,5,9H2,1H3,(H2,20,23). The Bertz CT molecular complexity index is 878. The van der Waals surface area contributed by atoms with Crippen LogP contribution in [-0.4, -0.2) is 23.3 Å². The SMILES string of the molecule is COc1cccc(OC(N)=O)c1-c1noc([CH]CCc2ccccc2)n1. The van der Waals surface area contributed by atoms with E-state index in [4.69, 9.17) is 19.7 Å². The fourth-order valence-corrected chi connectivity index (χ4v) is 2.52. The van der Waals surface area contributed by atoms with Crippen LogP contribution >= 0.6 is 0 Å². The molecule has 3 aromatic rings. The van der Waals surface area contributed by atoms with Crippen molar-refractivity contribution >= 4 is 6.09 Å². The van der Waals surface area contributed by atoms with Crippen molar-refractivity contribution in [3.63, 3.8) is 0 Å². The number of nitrogens with zero attached hydrogens (tertiary/aromatic N) is 2. The van der Waals surface area contributed by atoms with Gasteiger partial charge in [0.05, 0.1) is 13.5 Å². The number of carbonyl (C=O) groups excluding carboxylic acids is 1. The molecule has 0 fully saturated rings. The van der Waals surface area contributed by atoms with Gasteiger partial charge in [-0.1, -0.05) is 41.6 Å². The summed E-state index contributed by atoms with van der Waals surface area (Å²) in [6, 6.07) is 15.1. The lowest BCUT2D eigenvalue weighted by molar-refractivity contribution is 0.211. The summed E-state index contributed by atoms with van der Waals surface area (Å²) < 4.78 is 15.6. The van der Waals surface area contributed by atoms with Crippen LogP contribution in [0.3, 0.4) is 0 Å². The normalized spacial score (nSPS) is 10.5. The van der Waals surface area contributed by atoms with Gasteiger partial charge in [-0.25, -0.2) is 4.79 Å². The van der Waals surface area contributed by atoms with Crippen LogP contribution in [0.25, 0.3) is 11.4 Å². The van der Waals surface area contributed by atoms with Crippen LogP contribution in [0.1, 0.15) is 17.9 Å². The number of benzene rings is 2. The fraction of sp³-hybridized carbons (Fsp3) is 0.158. The van der Waals surface area contributed by atoms with Crippen LogP contribution in [0.2, 0.25) is 0 Å². The second-order valence-corrected chi connectivity index (χ2v) is 5.44. The summed E-state index contributed by atoms with van der Waals surface area (Å²) in [5.74, 6) is 1.28. The molecule has 3 rings (SSSR count). The number of methoxy groups -OCH3 is 1. The number of carbonyl (C=O) groups is 1. The van der Waals surface area contributed by atoms with Crippen LogP contribution in [0, 0.1) is 6.42 Å². The Labute approximate surface area is 150 Å². The Morgan fingerprint density at radius 3 is 2.65 bits per heavy atom. The van der Waals surface area contributed by atoms with Gasteiger partial charge in [-0.2, -0.15) is 4.98 Å². The summed E-state index contributed by atoms with van der Waals surface area (Å²) in [4.78, 5) is 15.5. The molecular formula is C19H18N3O4. The van der Waals surface area contributed by atoms with Crippen molar-refractivity contribution in [3.05, 3.63) is 66.4 Å². The van der Waals surface area contributed by atoms with Gasteiger partial charge in [0.1, 0.15) is 17.1 Å². The molecule has 0 aliphatic carbocycles. The van der Waals surface area contributed by atoms with Crippen LogP contribution in [0.5, 0.6) is 11.5 Å². The molecule has 0 aliphatic rings. The molecule has 26 heavy (non-hydrogen) atoms. The molecule has 1 amide bonds. The van der Waals surface area contributed by atoms with E-state index in [0.29, 0.717) is 17.2 Å². The molecule has 2 N–H and O–H groups in total. The number of hydrogen-bond acceptors (Lipinski definition) is 6. The molecule has 7 heteroatoms. The number of rotatable bonds is 7. The van der Waals surface area contributed by atoms with Gasteiger partial charge in [-0.3, -0.25) is 0 Å². The summed E-state index contributed by atoms with van der Waals surface area (Å²) in [6.45, 7) is 0. The van der Waals surface area contributed by atoms with E-state index in [-0.39, 0.29) is 11.6 Å². The van der Waals surface area contributed by atoms with Crippen molar-refractivity contribution in [1.82, 2.24) is 10.1 Å². The first-order chi connectivity index (χ1) is 12.7. The predicted molar refractivity (Wildman–Crippen MR) is 94.7 cm³/mol. The van der Waals surface area contributed by atoms with E-state index in [2.05, 4.69) is 22.3 Å². The number of ether oxygens (including phenoxy) is 2. The molecule has 0 unspecified atom stereocenters. The summed E-state index contributed by atoms with van der Waals surface area (Å²) in [6.07, 6.45) is 2.54. The van der Waals surface area contributed by atoms with Crippen LogP contribution in [0.4, 0.5) is 4.79 Å². The molecule has 0 aliphatic heterocycles. The topological polar surface area (TPSA) is 100 Å². The van der Waals surface area contributed by atoms with E-state index in [9.17, 15) is 4.79 Å². The molecule has 7 nitrogen and oxygen atoms in total. The maximum atomic E-state index is 11.1. The molecule has 133 valence electrons. The molecule has 1 heterocycles. The zero-order valence-electron chi connectivity index (χ0n) is 14.2. The van der Waals surface area contributed by atoms with Crippen molar-refractivity contribution in [1.29, 1.82) is 0 Å². The summed E-state index contributed by atoms with van der Waals surface area (Å²) in [5, 5.41) is 3.96. The van der Waals surface area contributed by atoms with E-state index >= 15 is 0 Å². The van der Waals surface area contributed by atoms with E-state index in [0.717, 1.165) is 12.8 Å². The molecule has 1 radical (unpaired) electrons. The predicted octanol–water partition coefficient (Wildman–Crippen LogP) is 3.39. The third kappa shape index (κ3) is 4.18. The third-order valence-electron chi connectivity index (χ3n) is 3.68. The number of primary amides is 1. The highest BCUT2D eigenvalue weighted by molar-refractivity contribution is 5.77. The van der Waals surface area contributed by atoms with Crippen molar-refractivity contribution in [2.45, 2.75) is 12.8 Å². The van der Waals surface area contributed by atoms with Crippen molar-refractivity contribution in [2.24, 2.45) is 5.73 Å². The molecule has 0 bridgehead atoms. The van der Waals surface area contributed by atoms with Gasteiger partial charge >= 0.3 is 6.09 Å². The summed E-state index contributed by atoms with van der Waals surface area (Å²) >= 11 is 0. The minimum absolute atomic E-state index is 0.202. The van der Waals surface area contributed by atoms with Crippen LogP contribution in [0.15, 0.2) is 53.1 Å². The van der Waals surface area contributed by atoms with E-state index in [1.165, 1.54) is 12.7 Å². The van der Waals surface area contributed by atoms with Crippen LogP contribution in [-0.2, 0) is 6.42 Å². The average molecular weight is 352 g/mol. The van der Waals surface area contributed by atoms with Gasteiger partial charge in [-0.15, -0.1) is 0 Å². The van der Waals surface area contributed by atoms with E-state index in [1.807, 2.05) is 24.6 Å². The highest BCUT2D eigenvalue weighted by Gasteiger charge is 2.20. The fourth-order valence-electron chi connectivity index (χ4n) is 2.52. The van der Waals surface area contributed by atoms with Gasteiger partial charge < -0.3 is 19.7 Å². The molecule has 2 aromatic carbocycles. The Balaban J connectivity index is 1.75. The number of aryl methyl sites for hydroxylation is 1. The maximum Gasteiger partial charge on any atom is 0.409 e. The number of nitrogens with two attached hydrogens (primary N) is 1. The van der Waals surface area contributed by atoms with Gasteiger partial charge in [0, 0.05) is 0 Å². The minimum Gasteiger partial charge on any atom is -0.496 e. The molecule has 0 saturated heterocycles. The lowest BCUT2D eigenvalue weighted by atomic mass is 10.1. The monoisotopic (exact) mass is 352 g/mol. The lowest BCUT2D eigenvalue weighted by Gasteiger charge is -2.09. The third-order valence-corrected chi connectivity index (χ3v) is 3.68. The smallest absolute Gasteiger partial charge is 0.409 e. The Morgan fingerprint density at radius 1 is 1.15 bits per heavy atom. The molecular weight excluding hydrogens is 334 g/mol.